The molecule has 0 amide bonds. The second-order valence-corrected chi connectivity index (χ2v) is 10.1. The Labute approximate surface area is 188 Å². The first-order valence-corrected chi connectivity index (χ1v) is 12.5. The minimum Gasteiger partial charge on any atom is -0.484 e. The standard InChI is InChI=1S/C21H20FN3O5S2/c1-2-32(27,28)25-10-9-14-11-15(3-8-18(14)25)19(26)13-31-21-24-23-20(30-21)12-29-17-6-4-16(22)5-7-17/h3-8,11H,2,9-10,12-13H2,1H3. The molecule has 4 rings (SSSR count). The lowest BCUT2D eigenvalue weighted by molar-refractivity contribution is 0.102. The predicted molar refractivity (Wildman–Crippen MR) is 117 cm³/mol. The van der Waals surface area contributed by atoms with Gasteiger partial charge < -0.3 is 9.15 Å². The first kappa shape index (κ1) is 22.3. The zero-order valence-corrected chi connectivity index (χ0v) is 18.8. The fourth-order valence-corrected chi connectivity index (χ4v) is 5.06. The number of Topliss-reactive ketones (excluding diaryl/α,β-unsaturated/α-hetero) is 1. The Balaban J connectivity index is 1.33. The topological polar surface area (TPSA) is 103 Å². The van der Waals surface area contributed by atoms with Crippen LogP contribution in [0.15, 0.2) is 52.1 Å². The van der Waals surface area contributed by atoms with Gasteiger partial charge in [-0.2, -0.15) is 0 Å². The lowest BCUT2D eigenvalue weighted by Gasteiger charge is -2.18. The van der Waals surface area contributed by atoms with E-state index in [4.69, 9.17) is 9.15 Å². The van der Waals surface area contributed by atoms with Crippen LogP contribution in [0.5, 0.6) is 5.75 Å². The fraction of sp³-hybridized carbons (Fsp3) is 0.286. The van der Waals surface area contributed by atoms with E-state index in [1.54, 1.807) is 25.1 Å². The van der Waals surface area contributed by atoms with Crippen LogP contribution in [-0.2, 0) is 23.1 Å². The lowest BCUT2D eigenvalue weighted by Crippen LogP contribution is -2.30. The number of fused-ring (bicyclic) bond motifs is 1. The monoisotopic (exact) mass is 477 g/mol. The van der Waals surface area contributed by atoms with Crippen molar-refractivity contribution < 1.29 is 26.8 Å². The van der Waals surface area contributed by atoms with Crippen molar-refractivity contribution in [3.63, 3.8) is 0 Å². The van der Waals surface area contributed by atoms with Crippen molar-refractivity contribution >= 4 is 33.3 Å². The Kier molecular flexibility index (Phi) is 6.47. The first-order chi connectivity index (χ1) is 15.4. The highest BCUT2D eigenvalue weighted by Gasteiger charge is 2.28. The molecule has 2 aromatic carbocycles. The summed E-state index contributed by atoms with van der Waals surface area (Å²) in [6.45, 7) is 2.03. The smallest absolute Gasteiger partial charge is 0.277 e. The average Bonchev–Trinajstić information content (AvgIpc) is 3.44. The Bertz CT molecular complexity index is 1230. The van der Waals surface area contributed by atoms with Crippen molar-refractivity contribution in [3.8, 4) is 5.75 Å². The molecule has 0 unspecified atom stereocenters. The highest BCUT2D eigenvalue weighted by atomic mass is 32.2. The summed E-state index contributed by atoms with van der Waals surface area (Å²) in [4.78, 5) is 12.6. The molecule has 0 saturated heterocycles. The van der Waals surface area contributed by atoms with Crippen LogP contribution in [0.2, 0.25) is 0 Å². The van der Waals surface area contributed by atoms with E-state index in [1.807, 2.05) is 0 Å². The molecule has 3 aromatic rings. The maximum absolute atomic E-state index is 12.9. The molecule has 11 heteroatoms. The van der Waals surface area contributed by atoms with Gasteiger partial charge in [-0.15, -0.1) is 10.2 Å². The van der Waals surface area contributed by atoms with Crippen molar-refractivity contribution in [2.24, 2.45) is 0 Å². The van der Waals surface area contributed by atoms with E-state index in [0.29, 0.717) is 30.0 Å². The number of hydrogen-bond acceptors (Lipinski definition) is 8. The van der Waals surface area contributed by atoms with Crippen LogP contribution in [-0.4, -0.2) is 42.4 Å². The maximum atomic E-state index is 12.9. The van der Waals surface area contributed by atoms with E-state index >= 15 is 0 Å². The van der Waals surface area contributed by atoms with Crippen molar-refractivity contribution in [1.82, 2.24) is 10.2 Å². The van der Waals surface area contributed by atoms with Gasteiger partial charge in [-0.05, 0) is 61.4 Å². The number of hydrogen-bond donors (Lipinski definition) is 0. The molecule has 1 aromatic heterocycles. The number of rotatable bonds is 9. The van der Waals surface area contributed by atoms with Crippen molar-refractivity contribution in [2.45, 2.75) is 25.2 Å². The summed E-state index contributed by atoms with van der Waals surface area (Å²) in [6, 6.07) is 10.6. The van der Waals surface area contributed by atoms with Crippen LogP contribution < -0.4 is 9.04 Å². The van der Waals surface area contributed by atoms with Gasteiger partial charge in [0.15, 0.2) is 12.4 Å². The van der Waals surface area contributed by atoms with Crippen LogP contribution in [0.3, 0.4) is 0 Å². The zero-order valence-electron chi connectivity index (χ0n) is 17.2. The SMILES string of the molecule is CCS(=O)(=O)N1CCc2cc(C(=O)CSc3nnc(COc4ccc(F)cc4)o3)ccc21. The molecule has 0 fully saturated rings. The number of thioether (sulfide) groups is 1. The first-order valence-electron chi connectivity index (χ1n) is 9.86. The number of halogens is 1. The van der Waals surface area contributed by atoms with E-state index in [9.17, 15) is 17.6 Å². The molecule has 2 heterocycles. The average molecular weight is 478 g/mol. The number of benzene rings is 2. The number of carbonyl (C=O) groups is 1. The molecule has 1 aliphatic heterocycles. The van der Waals surface area contributed by atoms with Gasteiger partial charge in [0.05, 0.1) is 17.2 Å². The molecule has 1 aliphatic rings. The highest BCUT2D eigenvalue weighted by molar-refractivity contribution is 7.99. The molecule has 8 nitrogen and oxygen atoms in total. The summed E-state index contributed by atoms with van der Waals surface area (Å²) >= 11 is 1.11. The summed E-state index contributed by atoms with van der Waals surface area (Å²) in [7, 11) is -3.32. The minimum atomic E-state index is -3.32. The van der Waals surface area contributed by atoms with Crippen LogP contribution >= 0.6 is 11.8 Å². The Morgan fingerprint density at radius 3 is 2.75 bits per heavy atom. The van der Waals surface area contributed by atoms with Gasteiger partial charge >= 0.3 is 0 Å². The summed E-state index contributed by atoms with van der Waals surface area (Å²) in [5.41, 5.74) is 1.99. The number of sulfonamides is 1. The van der Waals surface area contributed by atoms with Gasteiger partial charge in [0, 0.05) is 12.1 Å². The van der Waals surface area contributed by atoms with Gasteiger partial charge in [-0.3, -0.25) is 9.10 Å². The Morgan fingerprint density at radius 2 is 2.00 bits per heavy atom. The number of anilines is 1. The Morgan fingerprint density at radius 1 is 1.22 bits per heavy atom. The zero-order chi connectivity index (χ0) is 22.7. The Hall–Kier alpha value is -2.92. The molecule has 0 spiro atoms. The molecular formula is C21H20FN3O5S2. The molecule has 0 N–H and O–H groups in total. The summed E-state index contributed by atoms with van der Waals surface area (Å²) in [5, 5.41) is 8.00. The highest BCUT2D eigenvalue weighted by Crippen LogP contribution is 2.32. The normalized spacial score (nSPS) is 13.2. The molecule has 32 heavy (non-hydrogen) atoms. The summed E-state index contributed by atoms with van der Waals surface area (Å²) in [6.07, 6.45) is 0.573. The van der Waals surface area contributed by atoms with Gasteiger partial charge in [-0.1, -0.05) is 11.8 Å². The quantitative estimate of drug-likeness (QED) is 0.341. The van der Waals surface area contributed by atoms with Crippen LogP contribution in [0, 0.1) is 5.82 Å². The molecule has 0 bridgehead atoms. The number of carbonyl (C=O) groups excluding carboxylic acids is 1. The third-order valence-electron chi connectivity index (χ3n) is 4.91. The van der Waals surface area contributed by atoms with Crippen molar-refractivity contribution in [1.29, 1.82) is 0 Å². The number of ketones is 1. The molecular weight excluding hydrogens is 457 g/mol. The predicted octanol–water partition coefficient (Wildman–Crippen LogP) is 3.47. The number of aromatic nitrogens is 2. The third kappa shape index (κ3) is 4.94. The molecule has 168 valence electrons. The summed E-state index contributed by atoms with van der Waals surface area (Å²) < 4.78 is 49.6. The molecule has 0 radical (unpaired) electrons. The fourth-order valence-electron chi connectivity index (χ4n) is 3.23. The van der Waals surface area contributed by atoms with Gasteiger partial charge in [0.1, 0.15) is 11.6 Å². The van der Waals surface area contributed by atoms with E-state index in [2.05, 4.69) is 10.2 Å². The van der Waals surface area contributed by atoms with Crippen LogP contribution in [0.1, 0.15) is 28.7 Å². The minimum absolute atomic E-state index is 0.0229. The summed E-state index contributed by atoms with van der Waals surface area (Å²) in [5.74, 6) is 0.346. The molecule has 0 saturated carbocycles. The van der Waals surface area contributed by atoms with Gasteiger partial charge in [0.2, 0.25) is 10.0 Å². The van der Waals surface area contributed by atoms with Gasteiger partial charge in [0.25, 0.3) is 11.1 Å². The second-order valence-electron chi connectivity index (χ2n) is 6.98. The number of ether oxygens (including phenoxy) is 1. The van der Waals surface area contributed by atoms with Crippen LogP contribution in [0.4, 0.5) is 10.1 Å². The number of nitrogens with zero attached hydrogens (tertiary/aromatic N) is 3. The lowest BCUT2D eigenvalue weighted by atomic mass is 10.1. The van der Waals surface area contributed by atoms with Crippen molar-refractivity contribution in [3.05, 3.63) is 65.3 Å². The van der Waals surface area contributed by atoms with Crippen LogP contribution in [0.25, 0.3) is 0 Å². The van der Waals surface area contributed by atoms with E-state index in [1.165, 1.54) is 28.6 Å². The second kappa shape index (κ2) is 9.29. The maximum Gasteiger partial charge on any atom is 0.277 e. The molecule has 0 aliphatic carbocycles. The van der Waals surface area contributed by atoms with E-state index < -0.39 is 10.0 Å². The van der Waals surface area contributed by atoms with Crippen molar-refractivity contribution in [2.75, 3.05) is 22.4 Å². The third-order valence-corrected chi connectivity index (χ3v) is 7.50. The molecule has 0 atom stereocenters. The van der Waals surface area contributed by atoms with Gasteiger partial charge in [-0.25, -0.2) is 12.8 Å². The van der Waals surface area contributed by atoms with E-state index in [-0.39, 0.29) is 40.8 Å². The van der Waals surface area contributed by atoms with E-state index in [0.717, 1.165) is 17.3 Å². The largest absolute Gasteiger partial charge is 0.484 e.